The number of amides is 1. The minimum Gasteiger partial charge on any atom is -0.344 e. The highest BCUT2D eigenvalue weighted by molar-refractivity contribution is 9.10. The van der Waals surface area contributed by atoms with Crippen LogP contribution >= 0.6 is 31.9 Å². The van der Waals surface area contributed by atoms with E-state index in [1.54, 1.807) is 6.20 Å². The molecule has 0 spiro atoms. The van der Waals surface area contributed by atoms with Crippen LogP contribution in [0.2, 0.25) is 0 Å². The second kappa shape index (κ2) is 6.35. The van der Waals surface area contributed by atoms with E-state index < -0.39 is 0 Å². The van der Waals surface area contributed by atoms with Gasteiger partial charge in [-0.05, 0) is 59.7 Å². The maximum absolute atomic E-state index is 12.4. The molecule has 0 bridgehead atoms. The Kier molecular flexibility index (Phi) is 5.01. The lowest BCUT2D eigenvalue weighted by Crippen LogP contribution is -2.52. The van der Waals surface area contributed by atoms with Crippen molar-refractivity contribution in [1.29, 1.82) is 0 Å². The van der Waals surface area contributed by atoms with Gasteiger partial charge in [-0.1, -0.05) is 22.9 Å². The van der Waals surface area contributed by atoms with E-state index in [0.717, 1.165) is 41.4 Å². The third kappa shape index (κ3) is 3.57. The molecule has 1 heterocycles. The number of carbonyl (C=O) groups is 1. The number of alkyl halides is 1. The van der Waals surface area contributed by atoms with Crippen molar-refractivity contribution in [2.24, 2.45) is 5.92 Å². The summed E-state index contributed by atoms with van der Waals surface area (Å²) < 4.78 is 0.737. The predicted molar refractivity (Wildman–Crippen MR) is 83.6 cm³/mol. The number of rotatable bonds is 3. The molecule has 19 heavy (non-hydrogen) atoms. The summed E-state index contributed by atoms with van der Waals surface area (Å²) in [5, 5.41) is 3.98. The first-order valence-corrected chi connectivity index (χ1v) is 8.47. The molecule has 0 radical (unpaired) electrons. The molecule has 0 aliphatic heterocycles. The van der Waals surface area contributed by atoms with Crippen molar-refractivity contribution in [3.63, 3.8) is 0 Å². The molecule has 1 amide bonds. The largest absolute Gasteiger partial charge is 0.344 e. The van der Waals surface area contributed by atoms with Crippen molar-refractivity contribution in [2.45, 2.75) is 38.1 Å². The van der Waals surface area contributed by atoms with E-state index in [9.17, 15) is 4.79 Å². The molecule has 0 aromatic carbocycles. The maximum atomic E-state index is 12.4. The highest BCUT2D eigenvalue weighted by atomic mass is 79.9. The molecule has 2 rings (SSSR count). The van der Waals surface area contributed by atoms with Gasteiger partial charge in [0.1, 0.15) is 5.69 Å². The van der Waals surface area contributed by atoms with E-state index in [1.807, 2.05) is 12.1 Å². The van der Waals surface area contributed by atoms with Crippen LogP contribution < -0.4 is 5.32 Å². The zero-order chi connectivity index (χ0) is 13.9. The number of carbonyl (C=O) groups excluding carboxylic acids is 1. The molecule has 1 aliphatic carbocycles. The van der Waals surface area contributed by atoms with Crippen LogP contribution in [0.3, 0.4) is 0 Å². The second-order valence-corrected chi connectivity index (χ2v) is 6.80. The molecule has 1 saturated carbocycles. The lowest BCUT2D eigenvalue weighted by Gasteiger charge is -2.38. The monoisotopic (exact) mass is 388 g/mol. The Balaban J connectivity index is 2.11. The van der Waals surface area contributed by atoms with Gasteiger partial charge in [-0.3, -0.25) is 4.79 Å². The van der Waals surface area contributed by atoms with Crippen molar-refractivity contribution < 1.29 is 4.79 Å². The van der Waals surface area contributed by atoms with Crippen molar-refractivity contribution in [2.75, 3.05) is 5.33 Å². The van der Waals surface area contributed by atoms with Crippen LogP contribution in [0.25, 0.3) is 0 Å². The third-order valence-electron chi connectivity index (χ3n) is 3.84. The highest BCUT2D eigenvalue weighted by Crippen LogP contribution is 2.33. The quantitative estimate of drug-likeness (QED) is 0.796. The summed E-state index contributed by atoms with van der Waals surface area (Å²) >= 11 is 6.94. The van der Waals surface area contributed by atoms with E-state index in [4.69, 9.17) is 0 Å². The third-order valence-corrected chi connectivity index (χ3v) is 5.55. The summed E-state index contributed by atoms with van der Waals surface area (Å²) in [6, 6.07) is 3.65. The van der Waals surface area contributed by atoms with Gasteiger partial charge in [-0.2, -0.15) is 0 Å². The molecular weight excluding hydrogens is 372 g/mol. The fourth-order valence-electron chi connectivity index (χ4n) is 2.46. The number of pyridine rings is 1. The number of halogens is 2. The summed E-state index contributed by atoms with van der Waals surface area (Å²) in [5.41, 5.74) is 0.335. The summed E-state index contributed by atoms with van der Waals surface area (Å²) in [5.74, 6) is 0.659. The summed E-state index contributed by atoms with van der Waals surface area (Å²) in [6.07, 6.45) is 6.01. The van der Waals surface area contributed by atoms with Crippen molar-refractivity contribution in [1.82, 2.24) is 10.3 Å². The topological polar surface area (TPSA) is 42.0 Å². The standard InChI is InChI=1S/C14H18Br2N2O/c1-10-4-6-14(9-15,7-5-10)18-13(19)12-11(16)3-2-8-17-12/h2-3,8,10H,4-7,9H2,1H3,(H,18,19). The van der Waals surface area contributed by atoms with Gasteiger partial charge in [0.25, 0.3) is 5.91 Å². The fourth-order valence-corrected chi connectivity index (χ4v) is 3.60. The molecule has 1 aromatic heterocycles. The lowest BCUT2D eigenvalue weighted by molar-refractivity contribution is 0.0868. The average Bonchev–Trinajstić information content (AvgIpc) is 2.42. The average molecular weight is 390 g/mol. The van der Waals surface area contributed by atoms with Gasteiger partial charge < -0.3 is 5.32 Å². The molecule has 0 atom stereocenters. The van der Waals surface area contributed by atoms with Gasteiger partial charge >= 0.3 is 0 Å². The van der Waals surface area contributed by atoms with Gasteiger partial charge in [-0.25, -0.2) is 4.98 Å². The minimum absolute atomic E-state index is 0.0959. The Morgan fingerprint density at radius 1 is 1.53 bits per heavy atom. The number of hydrogen-bond acceptors (Lipinski definition) is 2. The lowest BCUT2D eigenvalue weighted by atomic mass is 9.78. The molecule has 1 aromatic rings. The smallest absolute Gasteiger partial charge is 0.271 e. The molecule has 1 N–H and O–H groups in total. The molecule has 0 saturated heterocycles. The SMILES string of the molecule is CC1CCC(CBr)(NC(=O)c2ncccc2Br)CC1. The van der Waals surface area contributed by atoms with Gasteiger partial charge in [0, 0.05) is 16.0 Å². The Labute approximate surface area is 130 Å². The summed E-state index contributed by atoms with van der Waals surface area (Å²) in [7, 11) is 0. The van der Waals surface area contributed by atoms with Crippen LogP contribution in [0.4, 0.5) is 0 Å². The molecular formula is C14H18Br2N2O. The van der Waals surface area contributed by atoms with E-state index in [2.05, 4.69) is 49.1 Å². The number of hydrogen-bond donors (Lipinski definition) is 1. The predicted octanol–water partition coefficient (Wildman–Crippen LogP) is 3.92. The second-order valence-electron chi connectivity index (χ2n) is 5.38. The van der Waals surface area contributed by atoms with Gasteiger partial charge in [0.15, 0.2) is 0 Å². The van der Waals surface area contributed by atoms with Crippen molar-refractivity contribution >= 4 is 37.8 Å². The zero-order valence-corrected chi connectivity index (χ0v) is 14.1. The molecule has 1 fully saturated rings. The van der Waals surface area contributed by atoms with Gasteiger partial charge in [0.05, 0.1) is 5.54 Å². The molecule has 1 aliphatic rings. The first kappa shape index (κ1) is 15.0. The Hall–Kier alpha value is -0.420. The first-order valence-electron chi connectivity index (χ1n) is 6.55. The maximum Gasteiger partial charge on any atom is 0.271 e. The van der Waals surface area contributed by atoms with Crippen LogP contribution in [-0.2, 0) is 0 Å². The molecule has 104 valence electrons. The number of aromatic nitrogens is 1. The van der Waals surface area contributed by atoms with Crippen molar-refractivity contribution in [3.05, 3.63) is 28.5 Å². The first-order chi connectivity index (χ1) is 9.06. The Morgan fingerprint density at radius 3 is 2.79 bits per heavy atom. The van der Waals surface area contributed by atoms with Crippen LogP contribution in [0.1, 0.15) is 43.1 Å². The Morgan fingerprint density at radius 2 is 2.21 bits per heavy atom. The van der Waals surface area contributed by atoms with Gasteiger partial charge in [-0.15, -0.1) is 0 Å². The van der Waals surface area contributed by atoms with Crippen LogP contribution in [0.5, 0.6) is 0 Å². The molecule has 0 unspecified atom stereocenters. The van der Waals surface area contributed by atoms with Crippen LogP contribution in [-0.4, -0.2) is 21.8 Å². The van der Waals surface area contributed by atoms with E-state index in [-0.39, 0.29) is 11.4 Å². The van der Waals surface area contributed by atoms with E-state index in [1.165, 1.54) is 0 Å². The number of nitrogens with one attached hydrogen (secondary N) is 1. The highest BCUT2D eigenvalue weighted by Gasteiger charge is 2.35. The van der Waals surface area contributed by atoms with E-state index >= 15 is 0 Å². The van der Waals surface area contributed by atoms with E-state index in [0.29, 0.717) is 5.69 Å². The van der Waals surface area contributed by atoms with Crippen LogP contribution in [0, 0.1) is 5.92 Å². The summed E-state index contributed by atoms with van der Waals surface area (Å²) in [4.78, 5) is 16.5. The normalized spacial score (nSPS) is 27.0. The fraction of sp³-hybridized carbons (Fsp3) is 0.571. The Bertz CT molecular complexity index is 457. The molecule has 5 heteroatoms. The zero-order valence-electron chi connectivity index (χ0n) is 11.0. The van der Waals surface area contributed by atoms with Gasteiger partial charge in [0.2, 0.25) is 0 Å². The minimum atomic E-state index is -0.124. The molecule has 3 nitrogen and oxygen atoms in total. The number of nitrogens with zero attached hydrogens (tertiary/aromatic N) is 1. The summed E-state index contributed by atoms with van der Waals surface area (Å²) in [6.45, 7) is 2.27. The van der Waals surface area contributed by atoms with Crippen LogP contribution in [0.15, 0.2) is 22.8 Å². The van der Waals surface area contributed by atoms with Crippen molar-refractivity contribution in [3.8, 4) is 0 Å².